The van der Waals surface area contributed by atoms with Crippen LogP contribution in [0.15, 0.2) is 51.0 Å². The van der Waals surface area contributed by atoms with Crippen LogP contribution >= 0.6 is 23.5 Å². The van der Waals surface area contributed by atoms with Crippen molar-refractivity contribution in [2.75, 3.05) is 0 Å². The topological polar surface area (TPSA) is 43.1 Å². The molecule has 1 amide bonds. The van der Waals surface area contributed by atoms with Gasteiger partial charge in [0.05, 0.1) is 0 Å². The second kappa shape index (κ2) is 5.98. The second-order valence-corrected chi connectivity index (χ2v) is 5.53. The molecule has 1 aliphatic rings. The van der Waals surface area contributed by atoms with Crippen molar-refractivity contribution in [2.45, 2.75) is 9.79 Å². The molecular weight excluding hydrogens is 249 g/mol. The molecule has 0 aromatic heterocycles. The van der Waals surface area contributed by atoms with Crippen LogP contribution in [0.5, 0.6) is 0 Å². The van der Waals surface area contributed by atoms with Gasteiger partial charge in [-0.2, -0.15) is 10.9 Å². The third kappa shape index (κ3) is 2.96. The Balaban J connectivity index is 0.00000128. The molecule has 5 heteroatoms. The van der Waals surface area contributed by atoms with Crippen LogP contribution in [0, 0.1) is 0 Å². The number of hydrogen-bond acceptors (Lipinski definition) is 2. The van der Waals surface area contributed by atoms with E-state index in [-0.39, 0.29) is 29.6 Å². The summed E-state index contributed by atoms with van der Waals surface area (Å²) in [6, 6.07) is 5.35. The van der Waals surface area contributed by atoms with Gasteiger partial charge in [0.15, 0.2) is 0 Å². The quantitative estimate of drug-likeness (QED) is 0.552. The van der Waals surface area contributed by atoms with Gasteiger partial charge in [-0.3, -0.25) is 4.79 Å². The Morgan fingerprint density at radius 1 is 1.25 bits per heavy atom. The van der Waals surface area contributed by atoms with E-state index in [1.807, 2.05) is 24.3 Å². The Bertz CT molecular complexity index is 459. The average Bonchev–Trinajstić information content (AvgIpc) is 2.71. The summed E-state index contributed by atoms with van der Waals surface area (Å²) < 4.78 is 0. The molecule has 1 aliphatic heterocycles. The molecule has 0 atom stereocenters. The molecule has 0 aliphatic carbocycles. The summed E-state index contributed by atoms with van der Waals surface area (Å²) in [7, 11) is -0.447. The van der Waals surface area contributed by atoms with Gasteiger partial charge in [0.2, 0.25) is 5.91 Å². The maximum atomic E-state index is 11.0. The minimum atomic E-state index is -0.447. The molecule has 0 unspecified atom stereocenters. The zero-order valence-electron chi connectivity index (χ0n) is 7.92. The first-order valence-corrected chi connectivity index (χ1v) is 6.37. The maximum absolute atomic E-state index is 11.0. The van der Waals surface area contributed by atoms with Crippen LogP contribution in [0.1, 0.15) is 10.4 Å². The average molecular weight is 261 g/mol. The molecule has 2 rings (SSSR count). The molecular formula is C11H12NNaOS2. The molecule has 1 aromatic rings. The molecule has 0 radical (unpaired) electrons. The van der Waals surface area contributed by atoms with Crippen LogP contribution < -0.4 is 5.73 Å². The van der Waals surface area contributed by atoms with Gasteiger partial charge in [0.25, 0.3) is 0 Å². The Kier molecular flexibility index (Phi) is 5.21. The van der Waals surface area contributed by atoms with Crippen LogP contribution in [0.2, 0.25) is 0 Å². The van der Waals surface area contributed by atoms with Gasteiger partial charge in [-0.05, 0) is 29.0 Å². The van der Waals surface area contributed by atoms with Crippen molar-refractivity contribution in [3.05, 3.63) is 46.7 Å². The van der Waals surface area contributed by atoms with Crippen LogP contribution in [0.4, 0.5) is 0 Å². The van der Waals surface area contributed by atoms with Crippen molar-refractivity contribution in [1.82, 2.24) is 0 Å². The monoisotopic (exact) mass is 261 g/mol. The van der Waals surface area contributed by atoms with E-state index in [9.17, 15) is 4.79 Å². The van der Waals surface area contributed by atoms with E-state index < -0.39 is 16.8 Å². The molecule has 0 saturated heterocycles. The SMILES string of the molecule is NC(=O)c1ccc(S)c([SH]2C=CC=C2)c1.[NaH]. The minimum absolute atomic E-state index is 0. The second-order valence-electron chi connectivity index (χ2n) is 3.16. The summed E-state index contributed by atoms with van der Waals surface area (Å²) in [5.41, 5.74) is 5.78. The standard InChI is InChI=1S/C11H11NOS2.Na.H/c12-11(13)8-3-4-9(14)10(7-8)15-5-1-2-6-15;;/h1-7,14-15H,(H2,12,13);;. The Morgan fingerprint density at radius 3 is 2.44 bits per heavy atom. The number of hydrogen-bond donors (Lipinski definition) is 3. The zero-order chi connectivity index (χ0) is 10.8. The van der Waals surface area contributed by atoms with Gasteiger partial charge < -0.3 is 5.73 Å². The van der Waals surface area contributed by atoms with E-state index in [2.05, 4.69) is 23.4 Å². The van der Waals surface area contributed by atoms with Gasteiger partial charge >= 0.3 is 29.6 Å². The van der Waals surface area contributed by atoms with Crippen molar-refractivity contribution in [1.29, 1.82) is 0 Å². The summed E-state index contributed by atoms with van der Waals surface area (Å²) in [5, 5.41) is 4.24. The number of allylic oxidation sites excluding steroid dienone is 2. The first-order chi connectivity index (χ1) is 7.18. The van der Waals surface area contributed by atoms with Crippen molar-refractivity contribution in [3.63, 3.8) is 0 Å². The molecule has 16 heavy (non-hydrogen) atoms. The number of thiol groups is 2. The van der Waals surface area contributed by atoms with Gasteiger partial charge in [-0.25, -0.2) is 0 Å². The summed E-state index contributed by atoms with van der Waals surface area (Å²) in [4.78, 5) is 13.0. The van der Waals surface area contributed by atoms with E-state index in [1.165, 1.54) is 0 Å². The Morgan fingerprint density at radius 2 is 1.88 bits per heavy atom. The normalized spacial score (nSPS) is 14.9. The molecule has 1 heterocycles. The van der Waals surface area contributed by atoms with Crippen LogP contribution in [-0.4, -0.2) is 35.5 Å². The number of benzene rings is 1. The molecule has 0 fully saturated rings. The predicted octanol–water partition coefficient (Wildman–Crippen LogP) is 1.83. The Labute approximate surface area is 125 Å². The fourth-order valence-electron chi connectivity index (χ4n) is 1.38. The molecule has 1 aromatic carbocycles. The number of carbonyl (C=O) groups excluding carboxylic acids is 1. The number of carbonyl (C=O) groups is 1. The number of nitrogens with two attached hydrogens (primary N) is 1. The number of primary amides is 1. The van der Waals surface area contributed by atoms with Crippen LogP contribution in [-0.2, 0) is 0 Å². The third-order valence-electron chi connectivity index (χ3n) is 2.14. The first-order valence-electron chi connectivity index (χ1n) is 4.44. The summed E-state index contributed by atoms with van der Waals surface area (Å²) in [6.45, 7) is 0. The molecule has 80 valence electrons. The first kappa shape index (κ1) is 13.9. The predicted molar refractivity (Wildman–Crippen MR) is 74.9 cm³/mol. The molecule has 0 spiro atoms. The van der Waals surface area contributed by atoms with Crippen molar-refractivity contribution >= 4 is 59.0 Å². The van der Waals surface area contributed by atoms with Gasteiger partial charge in [0, 0.05) is 15.4 Å². The van der Waals surface area contributed by atoms with Crippen LogP contribution in [0.3, 0.4) is 0 Å². The molecule has 0 saturated carbocycles. The molecule has 2 nitrogen and oxygen atoms in total. The fraction of sp³-hybridized carbons (Fsp3) is 0. The Hall–Kier alpha value is -0.130. The third-order valence-corrected chi connectivity index (χ3v) is 4.62. The number of amides is 1. The fourth-order valence-corrected chi connectivity index (χ4v) is 3.48. The van der Waals surface area contributed by atoms with Crippen molar-refractivity contribution in [2.24, 2.45) is 5.73 Å². The zero-order valence-corrected chi connectivity index (χ0v) is 9.71. The van der Waals surface area contributed by atoms with Crippen LogP contribution in [0.25, 0.3) is 0 Å². The van der Waals surface area contributed by atoms with E-state index >= 15 is 0 Å². The molecule has 0 bridgehead atoms. The summed E-state index contributed by atoms with van der Waals surface area (Å²) in [6.07, 6.45) is 4.02. The van der Waals surface area contributed by atoms with E-state index in [0.29, 0.717) is 5.56 Å². The van der Waals surface area contributed by atoms with Crippen molar-refractivity contribution in [3.8, 4) is 0 Å². The number of rotatable bonds is 2. The van der Waals surface area contributed by atoms with Gasteiger partial charge in [-0.1, -0.05) is 12.2 Å². The van der Waals surface area contributed by atoms with E-state index in [4.69, 9.17) is 5.73 Å². The van der Waals surface area contributed by atoms with Crippen molar-refractivity contribution < 1.29 is 4.79 Å². The van der Waals surface area contributed by atoms with Gasteiger partial charge in [0.1, 0.15) is 0 Å². The summed E-state index contributed by atoms with van der Waals surface area (Å²) >= 11 is 4.38. The van der Waals surface area contributed by atoms with E-state index in [0.717, 1.165) is 9.79 Å². The van der Waals surface area contributed by atoms with E-state index in [1.54, 1.807) is 6.07 Å². The molecule has 2 N–H and O–H groups in total. The van der Waals surface area contributed by atoms with Gasteiger partial charge in [-0.15, -0.1) is 12.6 Å². The summed E-state index contributed by atoms with van der Waals surface area (Å²) in [5.74, 6) is -0.397.